The van der Waals surface area contributed by atoms with Crippen LogP contribution in [0.25, 0.3) is 0 Å². The molecule has 2 atom stereocenters. The molecule has 0 spiro atoms. The highest BCUT2D eigenvalue weighted by atomic mass is 19.1. The molecule has 1 aromatic rings. The third-order valence-electron chi connectivity index (χ3n) is 2.67. The van der Waals surface area contributed by atoms with Crippen molar-refractivity contribution in [2.45, 2.75) is 13.3 Å². The van der Waals surface area contributed by atoms with E-state index in [2.05, 4.69) is 11.9 Å². The smallest absolute Gasteiger partial charge is 0.338 e. The summed E-state index contributed by atoms with van der Waals surface area (Å²) in [5.74, 6) is -0.00718. The monoisotopic (exact) mass is 209 g/mol. The van der Waals surface area contributed by atoms with Gasteiger partial charge in [-0.1, -0.05) is 6.92 Å². The van der Waals surface area contributed by atoms with Crippen LogP contribution in [0.3, 0.4) is 0 Å². The number of carbonyl (C=O) groups excluding carboxylic acids is 1. The van der Waals surface area contributed by atoms with Crippen molar-refractivity contribution < 1.29 is 13.9 Å². The molecule has 1 aromatic heterocycles. The van der Waals surface area contributed by atoms with Crippen LogP contribution in [0, 0.1) is 17.8 Å². The number of halogens is 1. The first-order valence-corrected chi connectivity index (χ1v) is 4.95. The quantitative estimate of drug-likeness (QED) is 0.564. The number of esters is 1. The second-order valence-corrected chi connectivity index (χ2v) is 3.94. The third-order valence-corrected chi connectivity index (χ3v) is 2.67. The van der Waals surface area contributed by atoms with Gasteiger partial charge in [-0.15, -0.1) is 0 Å². The van der Waals surface area contributed by atoms with Gasteiger partial charge in [0.2, 0.25) is 5.95 Å². The molecule has 0 amide bonds. The van der Waals surface area contributed by atoms with Crippen LogP contribution in [0.4, 0.5) is 4.39 Å². The Labute approximate surface area is 87.3 Å². The molecule has 0 unspecified atom stereocenters. The molecule has 1 fully saturated rings. The van der Waals surface area contributed by atoms with Crippen molar-refractivity contribution in [3.8, 4) is 0 Å². The SMILES string of the molecule is C[C@H]1C[C@H]1COC(=O)c1ccnc(F)c1. The fraction of sp³-hybridized carbons (Fsp3) is 0.455. The maximum atomic E-state index is 12.7. The first-order chi connectivity index (χ1) is 7.16. The van der Waals surface area contributed by atoms with Crippen LogP contribution in [0.5, 0.6) is 0 Å². The molecule has 1 saturated carbocycles. The predicted octanol–water partition coefficient (Wildman–Crippen LogP) is 2.03. The van der Waals surface area contributed by atoms with Crippen LogP contribution in [0.15, 0.2) is 18.3 Å². The summed E-state index contributed by atoms with van der Waals surface area (Å²) in [6, 6.07) is 2.53. The Morgan fingerprint density at radius 3 is 3.07 bits per heavy atom. The standard InChI is InChI=1S/C11H12FNO2/c1-7-4-9(7)6-15-11(14)8-2-3-13-10(12)5-8/h2-3,5,7,9H,4,6H2,1H3/t7-,9-/m0/s1. The van der Waals surface area contributed by atoms with E-state index >= 15 is 0 Å². The molecule has 0 N–H and O–H groups in total. The van der Waals surface area contributed by atoms with E-state index in [1.165, 1.54) is 12.3 Å². The average molecular weight is 209 g/mol. The van der Waals surface area contributed by atoms with Gasteiger partial charge in [0.05, 0.1) is 12.2 Å². The topological polar surface area (TPSA) is 39.2 Å². The Bertz CT molecular complexity index is 381. The van der Waals surface area contributed by atoms with Gasteiger partial charge >= 0.3 is 5.97 Å². The van der Waals surface area contributed by atoms with Gasteiger partial charge in [-0.25, -0.2) is 9.78 Å². The molecular weight excluding hydrogens is 197 g/mol. The zero-order chi connectivity index (χ0) is 10.8. The lowest BCUT2D eigenvalue weighted by Crippen LogP contribution is -2.08. The van der Waals surface area contributed by atoms with Crippen molar-refractivity contribution in [1.82, 2.24) is 4.98 Å². The first kappa shape index (κ1) is 10.1. The van der Waals surface area contributed by atoms with Crippen molar-refractivity contribution >= 4 is 5.97 Å². The molecule has 0 aliphatic heterocycles. The molecular formula is C11H12FNO2. The van der Waals surface area contributed by atoms with Gasteiger partial charge in [-0.2, -0.15) is 4.39 Å². The number of rotatable bonds is 3. The van der Waals surface area contributed by atoms with Crippen LogP contribution in [-0.4, -0.2) is 17.6 Å². The van der Waals surface area contributed by atoms with Gasteiger partial charge in [-0.05, 0) is 24.3 Å². The summed E-state index contributed by atoms with van der Waals surface area (Å²) in [6.45, 7) is 2.55. The third kappa shape index (κ3) is 2.52. The Morgan fingerprint density at radius 2 is 2.47 bits per heavy atom. The number of nitrogens with zero attached hydrogens (tertiary/aromatic N) is 1. The van der Waals surface area contributed by atoms with E-state index < -0.39 is 11.9 Å². The van der Waals surface area contributed by atoms with E-state index in [4.69, 9.17) is 4.74 Å². The summed E-state index contributed by atoms with van der Waals surface area (Å²) in [4.78, 5) is 14.8. The van der Waals surface area contributed by atoms with Crippen LogP contribution in [0.2, 0.25) is 0 Å². The molecule has 1 aliphatic carbocycles. The first-order valence-electron chi connectivity index (χ1n) is 4.95. The molecule has 1 heterocycles. The van der Waals surface area contributed by atoms with E-state index in [-0.39, 0.29) is 5.56 Å². The summed E-state index contributed by atoms with van der Waals surface area (Å²) in [5.41, 5.74) is 0.218. The second kappa shape index (κ2) is 3.96. The van der Waals surface area contributed by atoms with Gasteiger partial charge in [0.1, 0.15) is 0 Å². The van der Waals surface area contributed by atoms with Crippen molar-refractivity contribution in [3.63, 3.8) is 0 Å². The fourth-order valence-corrected chi connectivity index (χ4v) is 1.43. The lowest BCUT2D eigenvalue weighted by atomic mass is 10.3. The van der Waals surface area contributed by atoms with Crippen molar-refractivity contribution in [3.05, 3.63) is 29.8 Å². The number of ether oxygens (including phenoxy) is 1. The normalized spacial score (nSPS) is 23.6. The molecule has 0 radical (unpaired) electrons. The van der Waals surface area contributed by atoms with Crippen molar-refractivity contribution in [2.75, 3.05) is 6.61 Å². The minimum atomic E-state index is -0.663. The van der Waals surface area contributed by atoms with Gasteiger partial charge < -0.3 is 4.74 Å². The number of pyridine rings is 1. The molecule has 0 aromatic carbocycles. The Hall–Kier alpha value is -1.45. The average Bonchev–Trinajstić information content (AvgIpc) is 2.91. The van der Waals surface area contributed by atoms with Crippen LogP contribution >= 0.6 is 0 Å². The molecule has 80 valence electrons. The van der Waals surface area contributed by atoms with Crippen LogP contribution in [-0.2, 0) is 4.74 Å². The predicted molar refractivity (Wildman–Crippen MR) is 51.7 cm³/mol. The van der Waals surface area contributed by atoms with E-state index in [9.17, 15) is 9.18 Å². The lowest BCUT2D eigenvalue weighted by Gasteiger charge is -2.03. The molecule has 0 bridgehead atoms. The van der Waals surface area contributed by atoms with Gasteiger partial charge in [0, 0.05) is 12.3 Å². The largest absolute Gasteiger partial charge is 0.462 e. The molecule has 3 nitrogen and oxygen atoms in total. The highest BCUT2D eigenvalue weighted by molar-refractivity contribution is 5.89. The summed E-state index contributed by atoms with van der Waals surface area (Å²) in [6.07, 6.45) is 2.36. The van der Waals surface area contributed by atoms with Crippen LogP contribution in [0.1, 0.15) is 23.7 Å². The van der Waals surface area contributed by atoms with Gasteiger partial charge in [0.25, 0.3) is 0 Å². The van der Waals surface area contributed by atoms with Crippen molar-refractivity contribution in [1.29, 1.82) is 0 Å². The highest BCUT2D eigenvalue weighted by Crippen LogP contribution is 2.37. The molecule has 2 rings (SSSR count). The van der Waals surface area contributed by atoms with Crippen LogP contribution < -0.4 is 0 Å². The Kier molecular flexibility index (Phi) is 2.66. The minimum absolute atomic E-state index is 0.218. The number of aromatic nitrogens is 1. The Balaban J connectivity index is 1.90. The lowest BCUT2D eigenvalue weighted by molar-refractivity contribution is 0.0480. The fourth-order valence-electron chi connectivity index (χ4n) is 1.43. The molecule has 4 heteroatoms. The Morgan fingerprint density at radius 1 is 1.73 bits per heavy atom. The zero-order valence-electron chi connectivity index (χ0n) is 8.44. The second-order valence-electron chi connectivity index (χ2n) is 3.94. The zero-order valence-corrected chi connectivity index (χ0v) is 8.44. The summed E-state index contributed by atoms with van der Waals surface area (Å²) >= 11 is 0. The number of hydrogen-bond acceptors (Lipinski definition) is 3. The summed E-state index contributed by atoms with van der Waals surface area (Å²) in [5, 5.41) is 0. The van der Waals surface area contributed by atoms with E-state index in [0.29, 0.717) is 18.4 Å². The highest BCUT2D eigenvalue weighted by Gasteiger charge is 2.33. The van der Waals surface area contributed by atoms with E-state index in [1.54, 1.807) is 0 Å². The van der Waals surface area contributed by atoms with E-state index in [0.717, 1.165) is 12.5 Å². The van der Waals surface area contributed by atoms with E-state index in [1.807, 2.05) is 0 Å². The summed E-state index contributed by atoms with van der Waals surface area (Å²) < 4.78 is 17.7. The summed E-state index contributed by atoms with van der Waals surface area (Å²) in [7, 11) is 0. The van der Waals surface area contributed by atoms with Crippen molar-refractivity contribution in [2.24, 2.45) is 11.8 Å². The number of carbonyl (C=O) groups is 1. The molecule has 1 aliphatic rings. The molecule has 0 saturated heterocycles. The number of hydrogen-bond donors (Lipinski definition) is 0. The van der Waals surface area contributed by atoms with Gasteiger partial charge in [0.15, 0.2) is 0 Å². The minimum Gasteiger partial charge on any atom is -0.462 e. The van der Waals surface area contributed by atoms with Gasteiger partial charge in [-0.3, -0.25) is 0 Å². The maximum absolute atomic E-state index is 12.7. The maximum Gasteiger partial charge on any atom is 0.338 e. The molecule has 15 heavy (non-hydrogen) atoms.